The second kappa shape index (κ2) is 6.46. The second-order valence-corrected chi connectivity index (χ2v) is 4.87. The molecule has 0 radical (unpaired) electrons. The maximum Gasteiger partial charge on any atom is 0.216 e. The van der Waals surface area contributed by atoms with Crippen LogP contribution >= 0.6 is 15.9 Å². The first-order valence-corrected chi connectivity index (χ1v) is 6.30. The summed E-state index contributed by atoms with van der Waals surface area (Å²) in [6.07, 6.45) is 0.675. The molecule has 1 aromatic carbocycles. The van der Waals surface area contributed by atoms with Gasteiger partial charge in [0.05, 0.1) is 0 Å². The Labute approximate surface area is 111 Å². The Kier molecular flexibility index (Phi) is 5.24. The van der Waals surface area contributed by atoms with E-state index in [1.54, 1.807) is 0 Å². The lowest BCUT2D eigenvalue weighted by atomic mass is 10.0. The predicted molar refractivity (Wildman–Crippen MR) is 73.8 cm³/mol. The van der Waals surface area contributed by atoms with Gasteiger partial charge in [0, 0.05) is 29.9 Å². The molecule has 1 amide bonds. The molecular weight excluding hydrogens is 278 g/mol. The van der Waals surface area contributed by atoms with Gasteiger partial charge in [0.2, 0.25) is 5.91 Å². The minimum Gasteiger partial charge on any atom is -0.355 e. The van der Waals surface area contributed by atoms with Gasteiger partial charge in [-0.2, -0.15) is 0 Å². The molecule has 0 saturated carbocycles. The Morgan fingerprint density at radius 3 is 2.47 bits per heavy atom. The van der Waals surface area contributed by atoms with Crippen LogP contribution in [0.4, 0.5) is 0 Å². The Balaban J connectivity index is 2.69. The lowest BCUT2D eigenvalue weighted by Crippen LogP contribution is -2.20. The number of halogens is 1. The van der Waals surface area contributed by atoms with Gasteiger partial charge in [-0.05, 0) is 37.1 Å². The summed E-state index contributed by atoms with van der Waals surface area (Å²) in [5, 5.41) is 2.72. The summed E-state index contributed by atoms with van der Waals surface area (Å²) in [5.41, 5.74) is 3.42. The molecule has 0 heterocycles. The van der Waals surface area contributed by atoms with E-state index in [9.17, 15) is 4.79 Å². The number of nitrogens with one attached hydrogen (secondary N) is 1. The fraction of sp³-hybridized carbons (Fsp3) is 0.357. The third kappa shape index (κ3) is 4.62. The van der Waals surface area contributed by atoms with E-state index in [0.29, 0.717) is 13.0 Å². The number of rotatable bonds is 2. The Morgan fingerprint density at radius 1 is 1.35 bits per heavy atom. The Hall–Kier alpha value is -1.27. The number of hydrogen-bond acceptors (Lipinski definition) is 1. The number of amides is 1. The van der Waals surface area contributed by atoms with E-state index in [4.69, 9.17) is 0 Å². The molecule has 1 rings (SSSR count). The molecule has 90 valence electrons. The van der Waals surface area contributed by atoms with E-state index in [2.05, 4.69) is 59.1 Å². The van der Waals surface area contributed by atoms with E-state index in [1.165, 1.54) is 18.1 Å². The number of aryl methyl sites for hydroxylation is 2. The first-order chi connectivity index (χ1) is 8.00. The van der Waals surface area contributed by atoms with Crippen molar-refractivity contribution in [2.45, 2.75) is 27.2 Å². The van der Waals surface area contributed by atoms with Crippen molar-refractivity contribution in [3.63, 3.8) is 0 Å². The van der Waals surface area contributed by atoms with Crippen LogP contribution < -0.4 is 5.32 Å². The Morgan fingerprint density at radius 2 is 1.94 bits per heavy atom. The smallest absolute Gasteiger partial charge is 0.216 e. The largest absolute Gasteiger partial charge is 0.355 e. The highest BCUT2D eigenvalue weighted by molar-refractivity contribution is 9.10. The van der Waals surface area contributed by atoms with Crippen LogP contribution in [-0.2, 0) is 4.79 Å². The topological polar surface area (TPSA) is 29.1 Å². The minimum absolute atomic E-state index is 0.0113. The first kappa shape index (κ1) is 13.8. The van der Waals surface area contributed by atoms with Gasteiger partial charge in [-0.1, -0.05) is 27.8 Å². The van der Waals surface area contributed by atoms with Gasteiger partial charge in [-0.25, -0.2) is 0 Å². The zero-order valence-corrected chi connectivity index (χ0v) is 11.9. The van der Waals surface area contributed by atoms with Crippen LogP contribution in [0.5, 0.6) is 0 Å². The summed E-state index contributed by atoms with van der Waals surface area (Å²) in [6, 6.07) is 4.12. The summed E-state index contributed by atoms with van der Waals surface area (Å²) in [5.74, 6) is 6.23. The number of carbonyl (C=O) groups is 1. The van der Waals surface area contributed by atoms with Crippen LogP contribution in [-0.4, -0.2) is 12.5 Å². The van der Waals surface area contributed by atoms with Crippen molar-refractivity contribution >= 4 is 21.8 Å². The average molecular weight is 294 g/mol. The van der Waals surface area contributed by atoms with Crippen LogP contribution in [0.15, 0.2) is 16.6 Å². The molecule has 0 fully saturated rings. The highest BCUT2D eigenvalue weighted by Crippen LogP contribution is 2.19. The van der Waals surface area contributed by atoms with Crippen LogP contribution in [0.2, 0.25) is 0 Å². The van der Waals surface area contributed by atoms with Crippen LogP contribution in [0.1, 0.15) is 30.0 Å². The van der Waals surface area contributed by atoms with E-state index in [-0.39, 0.29) is 5.91 Å². The monoisotopic (exact) mass is 293 g/mol. The number of benzene rings is 1. The Bertz CT molecular complexity index is 460. The molecule has 0 atom stereocenters. The molecule has 0 aromatic heterocycles. The van der Waals surface area contributed by atoms with Gasteiger partial charge in [0.25, 0.3) is 0 Å². The average Bonchev–Trinajstić information content (AvgIpc) is 2.20. The maximum atomic E-state index is 10.7. The zero-order chi connectivity index (χ0) is 12.8. The van der Waals surface area contributed by atoms with Gasteiger partial charge in [0.15, 0.2) is 0 Å². The van der Waals surface area contributed by atoms with E-state index in [1.807, 2.05) is 0 Å². The highest BCUT2D eigenvalue weighted by atomic mass is 79.9. The highest BCUT2D eigenvalue weighted by Gasteiger charge is 2.00. The third-order valence-corrected chi connectivity index (χ3v) is 2.79. The summed E-state index contributed by atoms with van der Waals surface area (Å²) in [7, 11) is 0. The first-order valence-electron chi connectivity index (χ1n) is 5.50. The van der Waals surface area contributed by atoms with Crippen molar-refractivity contribution in [3.8, 4) is 11.8 Å². The van der Waals surface area contributed by atoms with Gasteiger partial charge in [0.1, 0.15) is 0 Å². The number of hydrogen-bond donors (Lipinski definition) is 1. The van der Waals surface area contributed by atoms with Crippen LogP contribution in [0.25, 0.3) is 0 Å². The molecule has 0 bridgehead atoms. The van der Waals surface area contributed by atoms with Gasteiger partial charge >= 0.3 is 0 Å². The van der Waals surface area contributed by atoms with Crippen molar-refractivity contribution in [2.75, 3.05) is 6.54 Å². The van der Waals surface area contributed by atoms with E-state index < -0.39 is 0 Å². The number of carbonyl (C=O) groups excluding carboxylic acids is 1. The zero-order valence-electron chi connectivity index (χ0n) is 10.4. The molecule has 0 aliphatic carbocycles. The summed E-state index contributed by atoms with van der Waals surface area (Å²) >= 11 is 3.46. The molecule has 0 unspecified atom stereocenters. The van der Waals surface area contributed by atoms with Gasteiger partial charge < -0.3 is 5.32 Å². The van der Waals surface area contributed by atoms with Crippen molar-refractivity contribution < 1.29 is 4.79 Å². The maximum absolute atomic E-state index is 10.7. The molecule has 0 spiro atoms. The van der Waals surface area contributed by atoms with Crippen molar-refractivity contribution in [3.05, 3.63) is 33.3 Å². The van der Waals surface area contributed by atoms with Crippen LogP contribution in [0, 0.1) is 25.7 Å². The third-order valence-electron chi connectivity index (χ3n) is 2.33. The predicted octanol–water partition coefficient (Wildman–Crippen LogP) is 2.94. The van der Waals surface area contributed by atoms with E-state index in [0.717, 1.165) is 10.0 Å². The molecule has 1 aromatic rings. The van der Waals surface area contributed by atoms with Gasteiger partial charge in [-0.3, -0.25) is 4.79 Å². The SMILES string of the molecule is CC(=O)NCCC#Cc1c(C)cc(Br)cc1C. The molecule has 3 heteroatoms. The van der Waals surface area contributed by atoms with Crippen molar-refractivity contribution in [1.29, 1.82) is 0 Å². The van der Waals surface area contributed by atoms with E-state index >= 15 is 0 Å². The van der Waals surface area contributed by atoms with Crippen LogP contribution in [0.3, 0.4) is 0 Å². The molecule has 17 heavy (non-hydrogen) atoms. The molecule has 1 N–H and O–H groups in total. The summed E-state index contributed by atoms with van der Waals surface area (Å²) < 4.78 is 1.08. The second-order valence-electron chi connectivity index (χ2n) is 3.95. The van der Waals surface area contributed by atoms with Gasteiger partial charge in [-0.15, -0.1) is 0 Å². The summed E-state index contributed by atoms with van der Waals surface area (Å²) in [6.45, 7) is 6.22. The molecule has 2 nitrogen and oxygen atoms in total. The lowest BCUT2D eigenvalue weighted by Gasteiger charge is -2.03. The van der Waals surface area contributed by atoms with Crippen molar-refractivity contribution in [2.24, 2.45) is 0 Å². The molecule has 0 aliphatic rings. The standard InChI is InChI=1S/C14H16BrNO/c1-10-8-13(15)9-11(2)14(10)6-4-5-7-16-12(3)17/h8-9H,5,7H2,1-3H3,(H,16,17). The fourth-order valence-corrected chi connectivity index (χ4v) is 2.25. The minimum atomic E-state index is -0.0113. The fourth-order valence-electron chi connectivity index (χ4n) is 1.56. The molecule has 0 aliphatic heterocycles. The summed E-state index contributed by atoms with van der Waals surface area (Å²) in [4.78, 5) is 10.7. The molecular formula is C14H16BrNO. The normalized spacial score (nSPS) is 9.41. The quantitative estimate of drug-likeness (QED) is 0.659. The molecule has 0 saturated heterocycles. The lowest BCUT2D eigenvalue weighted by molar-refractivity contribution is -0.118. The van der Waals surface area contributed by atoms with Crippen molar-refractivity contribution in [1.82, 2.24) is 5.32 Å².